The molecule has 0 fully saturated rings. The molecule has 0 unspecified atom stereocenters. The third kappa shape index (κ3) is 2.26. The van der Waals surface area contributed by atoms with E-state index < -0.39 is 0 Å². The van der Waals surface area contributed by atoms with Crippen LogP contribution in [0.3, 0.4) is 0 Å². The fourth-order valence-corrected chi connectivity index (χ4v) is 1.75. The Morgan fingerprint density at radius 2 is 2.18 bits per heavy atom. The summed E-state index contributed by atoms with van der Waals surface area (Å²) in [4.78, 5) is 17.8. The Kier molecular flexibility index (Phi) is 3.35. The molecule has 88 valence electrons. The number of carbonyl (C=O) groups excluding carboxylic acids is 1. The maximum Gasteiger partial charge on any atom is 0.254 e. The largest absolute Gasteiger partial charge is 0.395 e. The fraction of sp³-hybridized carbons (Fsp3) is 0.231. The lowest BCUT2D eigenvalue weighted by Crippen LogP contribution is -2.29. The molecule has 1 N–H and O–H groups in total. The maximum absolute atomic E-state index is 12.1. The molecule has 0 spiro atoms. The molecular formula is C13H14N2O2. The van der Waals surface area contributed by atoms with Gasteiger partial charge >= 0.3 is 0 Å². The highest BCUT2D eigenvalue weighted by Crippen LogP contribution is 2.17. The number of likely N-dealkylation sites (N-methyl/N-ethyl adjacent to an activating group) is 1. The standard InChI is InChI=1S/C13H14N2O2/c1-15(8-9-16)13(17)11-4-2-6-12-10(11)5-3-7-14-12/h2-7,16H,8-9H2,1H3. The van der Waals surface area contributed by atoms with Gasteiger partial charge in [0.1, 0.15) is 0 Å². The lowest BCUT2D eigenvalue weighted by molar-refractivity contribution is 0.0769. The van der Waals surface area contributed by atoms with Crippen LogP contribution < -0.4 is 0 Å². The molecule has 0 saturated carbocycles. The smallest absolute Gasteiger partial charge is 0.254 e. The van der Waals surface area contributed by atoms with Crippen molar-refractivity contribution in [2.75, 3.05) is 20.2 Å². The van der Waals surface area contributed by atoms with Crippen molar-refractivity contribution in [2.24, 2.45) is 0 Å². The van der Waals surface area contributed by atoms with Gasteiger partial charge in [-0.15, -0.1) is 0 Å². The zero-order chi connectivity index (χ0) is 12.3. The monoisotopic (exact) mass is 230 g/mol. The lowest BCUT2D eigenvalue weighted by Gasteiger charge is -2.16. The minimum Gasteiger partial charge on any atom is -0.395 e. The average Bonchev–Trinajstić information content (AvgIpc) is 2.37. The molecule has 0 saturated heterocycles. The Labute approximate surface area is 99.5 Å². The molecule has 1 amide bonds. The van der Waals surface area contributed by atoms with Crippen molar-refractivity contribution in [1.82, 2.24) is 9.88 Å². The van der Waals surface area contributed by atoms with E-state index in [-0.39, 0.29) is 12.5 Å². The molecule has 17 heavy (non-hydrogen) atoms. The summed E-state index contributed by atoms with van der Waals surface area (Å²) in [7, 11) is 1.67. The van der Waals surface area contributed by atoms with Gasteiger partial charge in [0.25, 0.3) is 5.91 Å². The van der Waals surface area contributed by atoms with E-state index in [1.54, 1.807) is 19.3 Å². The van der Waals surface area contributed by atoms with Crippen molar-refractivity contribution in [2.45, 2.75) is 0 Å². The molecule has 1 aromatic carbocycles. The molecule has 0 aliphatic carbocycles. The van der Waals surface area contributed by atoms with Crippen LogP contribution in [0.1, 0.15) is 10.4 Å². The van der Waals surface area contributed by atoms with Crippen LogP contribution in [0.2, 0.25) is 0 Å². The van der Waals surface area contributed by atoms with E-state index >= 15 is 0 Å². The number of rotatable bonds is 3. The molecule has 0 aliphatic rings. The van der Waals surface area contributed by atoms with Gasteiger partial charge in [0.05, 0.1) is 12.1 Å². The van der Waals surface area contributed by atoms with Crippen molar-refractivity contribution < 1.29 is 9.90 Å². The Morgan fingerprint density at radius 3 is 2.94 bits per heavy atom. The van der Waals surface area contributed by atoms with Crippen molar-refractivity contribution in [1.29, 1.82) is 0 Å². The summed E-state index contributed by atoms with van der Waals surface area (Å²) in [5.74, 6) is -0.0994. The number of pyridine rings is 1. The van der Waals surface area contributed by atoms with Gasteiger partial charge in [0.2, 0.25) is 0 Å². The number of aliphatic hydroxyl groups is 1. The number of hydrogen-bond acceptors (Lipinski definition) is 3. The Morgan fingerprint density at radius 1 is 1.35 bits per heavy atom. The van der Waals surface area contributed by atoms with E-state index in [0.717, 1.165) is 10.9 Å². The van der Waals surface area contributed by atoms with E-state index in [0.29, 0.717) is 12.1 Å². The van der Waals surface area contributed by atoms with Gasteiger partial charge in [0, 0.05) is 30.7 Å². The molecule has 4 heteroatoms. The quantitative estimate of drug-likeness (QED) is 0.864. The van der Waals surface area contributed by atoms with Gasteiger partial charge in [-0.05, 0) is 18.2 Å². The maximum atomic E-state index is 12.1. The van der Waals surface area contributed by atoms with E-state index in [9.17, 15) is 4.79 Å². The van der Waals surface area contributed by atoms with Gasteiger partial charge in [-0.3, -0.25) is 9.78 Å². The fourth-order valence-electron chi connectivity index (χ4n) is 1.75. The molecule has 1 aromatic heterocycles. The van der Waals surface area contributed by atoms with Crippen LogP contribution in [0.25, 0.3) is 10.9 Å². The molecule has 0 atom stereocenters. The minimum atomic E-state index is -0.0994. The van der Waals surface area contributed by atoms with Crippen LogP contribution in [0.15, 0.2) is 36.5 Å². The molecule has 1 heterocycles. The minimum absolute atomic E-state index is 0.0365. The summed E-state index contributed by atoms with van der Waals surface area (Å²) in [6.45, 7) is 0.292. The first-order chi connectivity index (χ1) is 8.24. The molecule has 0 radical (unpaired) electrons. The molecule has 2 aromatic rings. The first-order valence-electron chi connectivity index (χ1n) is 5.44. The van der Waals surface area contributed by atoms with Crippen LogP contribution in [-0.2, 0) is 0 Å². The number of benzene rings is 1. The third-order valence-corrected chi connectivity index (χ3v) is 2.66. The average molecular weight is 230 g/mol. The van der Waals surface area contributed by atoms with E-state index in [1.165, 1.54) is 4.90 Å². The van der Waals surface area contributed by atoms with Crippen LogP contribution >= 0.6 is 0 Å². The van der Waals surface area contributed by atoms with Crippen molar-refractivity contribution in [3.63, 3.8) is 0 Å². The number of carbonyl (C=O) groups is 1. The second-order valence-electron chi connectivity index (χ2n) is 3.83. The van der Waals surface area contributed by atoms with E-state index in [1.807, 2.05) is 24.3 Å². The summed E-state index contributed by atoms with van der Waals surface area (Å²) in [5.41, 5.74) is 1.42. The second-order valence-corrected chi connectivity index (χ2v) is 3.83. The first kappa shape index (κ1) is 11.5. The number of amides is 1. The number of nitrogens with zero attached hydrogens (tertiary/aromatic N) is 2. The highest BCUT2D eigenvalue weighted by atomic mass is 16.3. The molecule has 2 rings (SSSR count). The Hall–Kier alpha value is -1.94. The lowest BCUT2D eigenvalue weighted by atomic mass is 10.1. The summed E-state index contributed by atoms with van der Waals surface area (Å²) < 4.78 is 0. The predicted octanol–water partition coefficient (Wildman–Crippen LogP) is 1.30. The normalized spacial score (nSPS) is 10.5. The first-order valence-corrected chi connectivity index (χ1v) is 5.44. The van der Waals surface area contributed by atoms with Crippen LogP contribution in [0.5, 0.6) is 0 Å². The summed E-state index contributed by atoms with van der Waals surface area (Å²) >= 11 is 0. The molecule has 0 bridgehead atoms. The second kappa shape index (κ2) is 4.93. The van der Waals surface area contributed by atoms with Crippen LogP contribution in [0, 0.1) is 0 Å². The van der Waals surface area contributed by atoms with Gasteiger partial charge in [-0.25, -0.2) is 0 Å². The summed E-state index contributed by atoms with van der Waals surface area (Å²) in [6.07, 6.45) is 1.70. The number of aliphatic hydroxyl groups excluding tert-OH is 1. The summed E-state index contributed by atoms with van der Waals surface area (Å²) in [5, 5.41) is 9.68. The summed E-state index contributed by atoms with van der Waals surface area (Å²) in [6, 6.07) is 9.15. The number of fused-ring (bicyclic) bond motifs is 1. The number of aromatic nitrogens is 1. The van der Waals surface area contributed by atoms with Gasteiger partial charge in [-0.1, -0.05) is 12.1 Å². The highest BCUT2D eigenvalue weighted by molar-refractivity contribution is 6.05. The SMILES string of the molecule is CN(CCO)C(=O)c1cccc2ncccc12. The number of hydrogen-bond donors (Lipinski definition) is 1. The molecule has 0 aliphatic heterocycles. The predicted molar refractivity (Wildman–Crippen MR) is 65.8 cm³/mol. The van der Waals surface area contributed by atoms with Crippen molar-refractivity contribution in [3.8, 4) is 0 Å². The van der Waals surface area contributed by atoms with Gasteiger partial charge < -0.3 is 10.0 Å². The third-order valence-electron chi connectivity index (χ3n) is 2.66. The Bertz CT molecular complexity index is 534. The zero-order valence-corrected chi connectivity index (χ0v) is 9.63. The zero-order valence-electron chi connectivity index (χ0n) is 9.63. The molecule has 4 nitrogen and oxygen atoms in total. The van der Waals surface area contributed by atoms with Crippen molar-refractivity contribution >= 4 is 16.8 Å². The van der Waals surface area contributed by atoms with E-state index in [2.05, 4.69) is 4.98 Å². The topological polar surface area (TPSA) is 53.4 Å². The van der Waals surface area contributed by atoms with E-state index in [4.69, 9.17) is 5.11 Å². The van der Waals surface area contributed by atoms with Crippen molar-refractivity contribution in [3.05, 3.63) is 42.1 Å². The Balaban J connectivity index is 2.45. The van der Waals surface area contributed by atoms with Crippen LogP contribution in [-0.4, -0.2) is 41.1 Å². The van der Waals surface area contributed by atoms with Gasteiger partial charge in [0.15, 0.2) is 0 Å². The van der Waals surface area contributed by atoms with Gasteiger partial charge in [-0.2, -0.15) is 0 Å². The highest BCUT2D eigenvalue weighted by Gasteiger charge is 2.13. The van der Waals surface area contributed by atoms with Crippen LogP contribution in [0.4, 0.5) is 0 Å². The molecular weight excluding hydrogens is 216 g/mol.